The second kappa shape index (κ2) is 3.61. The topological polar surface area (TPSA) is 52.6 Å². The first kappa shape index (κ1) is 11.2. The standard InChI is InChI=1S/C12H16O4/c1-12(2)8(9(12)11(14)15-3)6-7-4-5-16-10(7)13/h6,8-9H,4-5H2,1-3H3/t8-,9-/m0/s1. The molecule has 1 saturated carbocycles. The lowest BCUT2D eigenvalue weighted by Gasteiger charge is -1.99. The van der Waals surface area contributed by atoms with Gasteiger partial charge in [0.05, 0.1) is 19.6 Å². The van der Waals surface area contributed by atoms with Gasteiger partial charge in [-0.1, -0.05) is 19.9 Å². The molecule has 0 N–H and O–H groups in total. The Morgan fingerprint density at radius 2 is 2.25 bits per heavy atom. The molecule has 0 radical (unpaired) electrons. The van der Waals surface area contributed by atoms with E-state index in [1.54, 1.807) is 0 Å². The molecule has 1 heterocycles. The minimum absolute atomic E-state index is 0.0978. The summed E-state index contributed by atoms with van der Waals surface area (Å²) in [6.07, 6.45) is 2.54. The Morgan fingerprint density at radius 1 is 1.56 bits per heavy atom. The van der Waals surface area contributed by atoms with Crippen LogP contribution in [0.25, 0.3) is 0 Å². The van der Waals surface area contributed by atoms with Gasteiger partial charge in [-0.25, -0.2) is 4.79 Å². The molecule has 4 nitrogen and oxygen atoms in total. The molecular weight excluding hydrogens is 208 g/mol. The van der Waals surface area contributed by atoms with Gasteiger partial charge in [0.15, 0.2) is 0 Å². The number of carbonyl (C=O) groups excluding carboxylic acids is 2. The third-order valence-corrected chi connectivity index (χ3v) is 3.61. The number of hydrogen-bond acceptors (Lipinski definition) is 4. The predicted molar refractivity (Wildman–Crippen MR) is 56.4 cm³/mol. The number of cyclic esters (lactones) is 1. The smallest absolute Gasteiger partial charge is 0.333 e. The van der Waals surface area contributed by atoms with Crippen LogP contribution in [0.2, 0.25) is 0 Å². The fraction of sp³-hybridized carbons (Fsp3) is 0.667. The summed E-state index contributed by atoms with van der Waals surface area (Å²) < 4.78 is 9.61. The predicted octanol–water partition coefficient (Wildman–Crippen LogP) is 1.30. The minimum Gasteiger partial charge on any atom is -0.469 e. The van der Waals surface area contributed by atoms with E-state index < -0.39 is 0 Å². The molecule has 1 aliphatic heterocycles. The highest BCUT2D eigenvalue weighted by Crippen LogP contribution is 2.60. The monoisotopic (exact) mass is 224 g/mol. The highest BCUT2D eigenvalue weighted by atomic mass is 16.5. The maximum atomic E-state index is 11.5. The van der Waals surface area contributed by atoms with Crippen LogP contribution in [0, 0.1) is 17.3 Å². The van der Waals surface area contributed by atoms with Crippen LogP contribution < -0.4 is 0 Å². The van der Waals surface area contributed by atoms with Gasteiger partial charge in [0, 0.05) is 12.0 Å². The van der Waals surface area contributed by atoms with Crippen molar-refractivity contribution < 1.29 is 19.1 Å². The SMILES string of the molecule is COC(=O)[C@@H]1[C@H](C=C2CCOC2=O)C1(C)C. The van der Waals surface area contributed by atoms with Gasteiger partial charge < -0.3 is 9.47 Å². The third-order valence-electron chi connectivity index (χ3n) is 3.61. The molecule has 1 saturated heterocycles. The molecule has 0 spiro atoms. The summed E-state index contributed by atoms with van der Waals surface area (Å²) in [7, 11) is 1.39. The first-order valence-corrected chi connectivity index (χ1v) is 5.44. The van der Waals surface area contributed by atoms with Crippen molar-refractivity contribution in [2.24, 2.45) is 17.3 Å². The van der Waals surface area contributed by atoms with Crippen LogP contribution in [-0.2, 0) is 19.1 Å². The van der Waals surface area contributed by atoms with Crippen molar-refractivity contribution >= 4 is 11.9 Å². The second-order valence-electron chi connectivity index (χ2n) is 4.93. The lowest BCUT2D eigenvalue weighted by Crippen LogP contribution is -2.07. The van der Waals surface area contributed by atoms with Crippen molar-refractivity contribution in [1.82, 2.24) is 0 Å². The van der Waals surface area contributed by atoms with Crippen LogP contribution in [0.1, 0.15) is 20.3 Å². The van der Waals surface area contributed by atoms with E-state index in [0.717, 1.165) is 0 Å². The maximum Gasteiger partial charge on any atom is 0.333 e. The first-order chi connectivity index (χ1) is 7.48. The number of allylic oxidation sites excluding steroid dienone is 1. The van der Waals surface area contributed by atoms with Gasteiger partial charge in [-0.3, -0.25) is 4.79 Å². The molecule has 2 fully saturated rings. The molecule has 2 atom stereocenters. The summed E-state index contributed by atoms with van der Waals surface area (Å²) in [6, 6.07) is 0. The Hall–Kier alpha value is -1.32. The van der Waals surface area contributed by atoms with E-state index in [9.17, 15) is 9.59 Å². The van der Waals surface area contributed by atoms with Gasteiger partial charge in [-0.2, -0.15) is 0 Å². The van der Waals surface area contributed by atoms with E-state index in [4.69, 9.17) is 9.47 Å². The zero-order valence-corrected chi connectivity index (χ0v) is 9.78. The zero-order valence-electron chi connectivity index (χ0n) is 9.78. The van der Waals surface area contributed by atoms with E-state index in [2.05, 4.69) is 0 Å². The maximum absolute atomic E-state index is 11.5. The van der Waals surface area contributed by atoms with Crippen molar-refractivity contribution in [2.75, 3.05) is 13.7 Å². The quantitative estimate of drug-likeness (QED) is 0.524. The van der Waals surface area contributed by atoms with Crippen molar-refractivity contribution in [3.63, 3.8) is 0 Å². The van der Waals surface area contributed by atoms with Crippen molar-refractivity contribution in [3.05, 3.63) is 11.6 Å². The number of rotatable bonds is 2. The summed E-state index contributed by atoms with van der Waals surface area (Å²) in [5.74, 6) is -0.469. The van der Waals surface area contributed by atoms with Gasteiger partial charge in [0.2, 0.25) is 0 Å². The van der Waals surface area contributed by atoms with Gasteiger partial charge in [0.25, 0.3) is 0 Å². The van der Waals surface area contributed by atoms with Gasteiger partial charge in [-0.15, -0.1) is 0 Å². The highest BCUT2D eigenvalue weighted by molar-refractivity contribution is 5.90. The van der Waals surface area contributed by atoms with Gasteiger partial charge in [-0.05, 0) is 11.3 Å². The van der Waals surface area contributed by atoms with Crippen LogP contribution in [-0.4, -0.2) is 25.7 Å². The van der Waals surface area contributed by atoms with E-state index in [0.29, 0.717) is 18.6 Å². The van der Waals surface area contributed by atoms with Crippen molar-refractivity contribution in [3.8, 4) is 0 Å². The largest absolute Gasteiger partial charge is 0.469 e. The summed E-state index contributed by atoms with van der Waals surface area (Å²) >= 11 is 0. The Balaban J connectivity index is 2.13. The Labute approximate surface area is 94.6 Å². The number of ether oxygens (including phenoxy) is 2. The number of esters is 2. The number of methoxy groups -OCH3 is 1. The van der Waals surface area contributed by atoms with E-state index in [-0.39, 0.29) is 29.2 Å². The molecule has 0 bridgehead atoms. The van der Waals surface area contributed by atoms with Crippen LogP contribution in [0.3, 0.4) is 0 Å². The summed E-state index contributed by atoms with van der Waals surface area (Å²) in [5.41, 5.74) is 0.590. The molecule has 0 unspecified atom stereocenters. The van der Waals surface area contributed by atoms with Crippen LogP contribution in [0.4, 0.5) is 0 Å². The Bertz CT molecular complexity index is 367. The average molecular weight is 224 g/mol. The first-order valence-electron chi connectivity index (χ1n) is 5.44. The van der Waals surface area contributed by atoms with Gasteiger partial charge >= 0.3 is 11.9 Å². The average Bonchev–Trinajstić information content (AvgIpc) is 2.57. The molecule has 4 heteroatoms. The zero-order chi connectivity index (χ0) is 11.9. The summed E-state index contributed by atoms with van der Waals surface area (Å²) in [4.78, 5) is 22.8. The molecule has 0 aromatic carbocycles. The fourth-order valence-electron chi connectivity index (χ4n) is 2.38. The molecule has 0 aromatic heterocycles. The minimum atomic E-state index is -0.244. The normalized spacial score (nSPS) is 33.7. The molecular formula is C12H16O4. The summed E-state index contributed by atoms with van der Waals surface area (Å²) in [5, 5.41) is 0. The van der Waals surface area contributed by atoms with E-state index >= 15 is 0 Å². The molecule has 2 rings (SSSR count). The molecule has 88 valence electrons. The van der Waals surface area contributed by atoms with Crippen LogP contribution >= 0.6 is 0 Å². The molecule has 0 amide bonds. The number of hydrogen-bond donors (Lipinski definition) is 0. The molecule has 0 aromatic rings. The summed E-state index contributed by atoms with van der Waals surface area (Å²) in [6.45, 7) is 4.48. The van der Waals surface area contributed by atoms with E-state index in [1.165, 1.54) is 7.11 Å². The van der Waals surface area contributed by atoms with Crippen LogP contribution in [0.5, 0.6) is 0 Å². The molecule has 16 heavy (non-hydrogen) atoms. The van der Waals surface area contributed by atoms with Gasteiger partial charge in [0.1, 0.15) is 0 Å². The van der Waals surface area contributed by atoms with Crippen molar-refractivity contribution in [1.29, 1.82) is 0 Å². The Morgan fingerprint density at radius 3 is 2.75 bits per heavy atom. The van der Waals surface area contributed by atoms with E-state index in [1.807, 2.05) is 19.9 Å². The Kier molecular flexibility index (Phi) is 2.52. The molecule has 2 aliphatic rings. The lowest BCUT2D eigenvalue weighted by molar-refractivity contribution is -0.143. The van der Waals surface area contributed by atoms with Crippen molar-refractivity contribution in [2.45, 2.75) is 20.3 Å². The highest BCUT2D eigenvalue weighted by Gasteiger charge is 2.61. The van der Waals surface area contributed by atoms with Crippen LogP contribution in [0.15, 0.2) is 11.6 Å². The second-order valence-corrected chi connectivity index (χ2v) is 4.93. The lowest BCUT2D eigenvalue weighted by atomic mass is 10.1. The fourth-order valence-corrected chi connectivity index (χ4v) is 2.38. The number of carbonyl (C=O) groups is 2. The molecule has 1 aliphatic carbocycles. The third kappa shape index (κ3) is 1.62.